The summed E-state index contributed by atoms with van der Waals surface area (Å²) >= 11 is 1.54. The highest BCUT2D eigenvalue weighted by atomic mass is 32.2. The van der Waals surface area contributed by atoms with Gasteiger partial charge in [-0.05, 0) is 80.8 Å². The first-order valence-corrected chi connectivity index (χ1v) is 15.5. The maximum Gasteiger partial charge on any atom is 0.335 e. The van der Waals surface area contributed by atoms with Crippen LogP contribution in [-0.4, -0.2) is 87.8 Å². The summed E-state index contributed by atoms with van der Waals surface area (Å²) in [6.07, 6.45) is 4.98. The molecular weight excluding hydrogens is 524 g/mol. The molecule has 1 atom stereocenters. The predicted octanol–water partition coefficient (Wildman–Crippen LogP) is 5.54. The fourth-order valence-corrected chi connectivity index (χ4v) is 7.19. The second-order valence-electron chi connectivity index (χ2n) is 11.8. The van der Waals surface area contributed by atoms with E-state index in [1.807, 2.05) is 12.1 Å². The van der Waals surface area contributed by atoms with E-state index in [1.54, 1.807) is 23.9 Å². The number of carboxylic acid groups (broad SMARTS) is 1. The van der Waals surface area contributed by atoms with Crippen LogP contribution < -0.4 is 0 Å². The molecule has 0 radical (unpaired) electrons. The predicted molar refractivity (Wildman–Crippen MR) is 156 cm³/mol. The fourth-order valence-electron chi connectivity index (χ4n) is 6.36. The topological polar surface area (TPSA) is 86.2 Å². The Bertz CT molecular complexity index is 1180. The number of carbonyl (C=O) groups is 2. The zero-order chi connectivity index (χ0) is 28.2. The highest BCUT2D eigenvalue weighted by molar-refractivity contribution is 7.99. The molecule has 1 unspecified atom stereocenters. The Morgan fingerprint density at radius 2 is 1.75 bits per heavy atom. The van der Waals surface area contributed by atoms with Crippen LogP contribution in [0.2, 0.25) is 0 Å². The van der Waals surface area contributed by atoms with E-state index in [9.17, 15) is 9.59 Å². The molecule has 4 heterocycles. The van der Waals surface area contributed by atoms with Gasteiger partial charge in [-0.3, -0.25) is 4.90 Å². The summed E-state index contributed by atoms with van der Waals surface area (Å²) in [5.74, 6) is -0.353. The third-order valence-electron chi connectivity index (χ3n) is 8.48. The Labute approximate surface area is 242 Å². The summed E-state index contributed by atoms with van der Waals surface area (Å²) in [4.78, 5) is 37.5. The van der Waals surface area contributed by atoms with E-state index in [0.29, 0.717) is 24.0 Å². The van der Waals surface area contributed by atoms with Crippen LogP contribution in [-0.2, 0) is 11.3 Å². The molecule has 1 N–H and O–H groups in total. The van der Waals surface area contributed by atoms with Crippen LogP contribution in [0.15, 0.2) is 46.3 Å². The van der Waals surface area contributed by atoms with Crippen molar-refractivity contribution >= 4 is 23.8 Å². The maximum atomic E-state index is 13.7. The van der Waals surface area contributed by atoms with E-state index in [4.69, 9.17) is 14.8 Å². The standard InChI is InChI=1S/C31H42N4O4S/c1-21(2)18-27-20-34(25-12-16-39-17-13-25)31(38)35(27)26-10-14-33(15-11-26)19-24-6-9-29(32-22(24)3)40-28-7-4-23(5-8-28)30(36)37/h4-9,21,25-27H,10-20H2,1-3H3,(H,36,37). The number of urea groups is 1. The molecule has 3 aliphatic heterocycles. The van der Waals surface area contributed by atoms with Crippen molar-refractivity contribution < 1.29 is 19.4 Å². The van der Waals surface area contributed by atoms with Crippen molar-refractivity contribution in [2.24, 2.45) is 5.92 Å². The number of hydrogen-bond acceptors (Lipinski definition) is 6. The monoisotopic (exact) mass is 566 g/mol. The minimum atomic E-state index is -0.918. The summed E-state index contributed by atoms with van der Waals surface area (Å²) < 4.78 is 5.56. The zero-order valence-corrected chi connectivity index (χ0v) is 24.7. The molecule has 1 aromatic heterocycles. The molecule has 0 saturated carbocycles. The number of aromatic carboxylic acids is 1. The number of ether oxygens (including phenoxy) is 1. The molecule has 3 aliphatic rings. The number of piperidine rings is 1. The van der Waals surface area contributed by atoms with E-state index >= 15 is 0 Å². The zero-order valence-electron chi connectivity index (χ0n) is 23.9. The summed E-state index contributed by atoms with van der Waals surface area (Å²) in [5, 5.41) is 10.0. The number of aromatic nitrogens is 1. The van der Waals surface area contributed by atoms with Crippen LogP contribution in [0, 0.1) is 12.8 Å². The van der Waals surface area contributed by atoms with Crippen LogP contribution in [0.5, 0.6) is 0 Å². The molecule has 0 spiro atoms. The summed E-state index contributed by atoms with van der Waals surface area (Å²) in [6, 6.07) is 12.3. The normalized spacial score (nSPS) is 21.5. The molecule has 216 valence electrons. The van der Waals surface area contributed by atoms with Gasteiger partial charge in [0.15, 0.2) is 0 Å². The number of rotatable bonds is 9. The van der Waals surface area contributed by atoms with E-state index in [1.165, 1.54) is 5.56 Å². The number of benzene rings is 1. The number of nitrogens with zero attached hydrogens (tertiary/aromatic N) is 4. The highest BCUT2D eigenvalue weighted by Gasteiger charge is 2.44. The number of carboxylic acids is 1. The summed E-state index contributed by atoms with van der Waals surface area (Å²) in [5.41, 5.74) is 2.53. The molecule has 1 aromatic carbocycles. The van der Waals surface area contributed by atoms with Crippen molar-refractivity contribution in [3.63, 3.8) is 0 Å². The molecule has 0 bridgehead atoms. The maximum absolute atomic E-state index is 13.7. The van der Waals surface area contributed by atoms with Gasteiger partial charge in [-0.15, -0.1) is 0 Å². The summed E-state index contributed by atoms with van der Waals surface area (Å²) in [7, 11) is 0. The second-order valence-corrected chi connectivity index (χ2v) is 12.9. The lowest BCUT2D eigenvalue weighted by Gasteiger charge is -2.39. The molecule has 2 amide bonds. The average Bonchev–Trinajstić information content (AvgIpc) is 3.26. The van der Waals surface area contributed by atoms with Crippen molar-refractivity contribution in [3.05, 3.63) is 53.2 Å². The van der Waals surface area contributed by atoms with E-state index in [2.05, 4.69) is 47.6 Å². The minimum Gasteiger partial charge on any atom is -0.478 e. The third kappa shape index (κ3) is 6.81. The fraction of sp³-hybridized carbons (Fsp3) is 0.581. The molecule has 3 saturated heterocycles. The molecule has 40 heavy (non-hydrogen) atoms. The van der Waals surface area contributed by atoms with Crippen LogP contribution in [0.3, 0.4) is 0 Å². The quantitative estimate of drug-likeness (QED) is 0.427. The van der Waals surface area contributed by atoms with Crippen molar-refractivity contribution in [2.75, 3.05) is 32.8 Å². The van der Waals surface area contributed by atoms with Crippen LogP contribution in [0.4, 0.5) is 4.79 Å². The second kappa shape index (κ2) is 12.9. The Hall–Kier alpha value is -2.62. The van der Waals surface area contributed by atoms with Gasteiger partial charge in [0.25, 0.3) is 0 Å². The van der Waals surface area contributed by atoms with Gasteiger partial charge in [-0.2, -0.15) is 0 Å². The summed E-state index contributed by atoms with van der Waals surface area (Å²) in [6.45, 7) is 11.8. The molecule has 0 aliphatic carbocycles. The number of hydrogen-bond donors (Lipinski definition) is 1. The smallest absolute Gasteiger partial charge is 0.335 e. The highest BCUT2D eigenvalue weighted by Crippen LogP contribution is 2.33. The minimum absolute atomic E-state index is 0.252. The lowest BCUT2D eigenvalue weighted by Crippen LogP contribution is -2.50. The number of carbonyl (C=O) groups excluding carboxylic acids is 1. The number of amides is 2. The SMILES string of the molecule is Cc1nc(Sc2ccc(C(=O)O)cc2)ccc1CN1CCC(N2C(=O)N(C3CCOCC3)CC2CC(C)C)CC1. The van der Waals surface area contributed by atoms with Crippen LogP contribution in [0.1, 0.15) is 67.6 Å². The van der Waals surface area contributed by atoms with Crippen molar-refractivity contribution in [1.82, 2.24) is 19.7 Å². The Kier molecular flexibility index (Phi) is 9.33. The lowest BCUT2D eigenvalue weighted by atomic mass is 9.97. The van der Waals surface area contributed by atoms with Crippen molar-refractivity contribution in [2.45, 2.75) is 87.5 Å². The van der Waals surface area contributed by atoms with Gasteiger partial charge in [-0.1, -0.05) is 31.7 Å². The van der Waals surface area contributed by atoms with Gasteiger partial charge < -0.3 is 19.6 Å². The number of likely N-dealkylation sites (tertiary alicyclic amines) is 1. The molecule has 5 rings (SSSR count). The molecular formula is C31H42N4O4S. The van der Waals surface area contributed by atoms with Gasteiger partial charge >= 0.3 is 12.0 Å². The van der Waals surface area contributed by atoms with Crippen LogP contribution >= 0.6 is 11.8 Å². The van der Waals surface area contributed by atoms with Gasteiger partial charge in [0, 0.05) is 62.1 Å². The Balaban J connectivity index is 1.17. The third-order valence-corrected chi connectivity index (χ3v) is 9.42. The van der Waals surface area contributed by atoms with E-state index in [-0.39, 0.29) is 11.6 Å². The van der Waals surface area contributed by atoms with Crippen LogP contribution in [0.25, 0.3) is 0 Å². The first kappa shape index (κ1) is 28.9. The van der Waals surface area contributed by atoms with Gasteiger partial charge in [0.05, 0.1) is 11.6 Å². The van der Waals surface area contributed by atoms with Gasteiger partial charge in [-0.25, -0.2) is 14.6 Å². The first-order chi connectivity index (χ1) is 19.3. The van der Waals surface area contributed by atoms with Gasteiger partial charge in [0.1, 0.15) is 5.03 Å². The Morgan fingerprint density at radius 3 is 2.38 bits per heavy atom. The molecule has 2 aromatic rings. The number of aryl methyl sites for hydroxylation is 1. The molecule has 9 heteroatoms. The number of pyridine rings is 1. The van der Waals surface area contributed by atoms with Gasteiger partial charge in [0.2, 0.25) is 0 Å². The molecule has 8 nitrogen and oxygen atoms in total. The van der Waals surface area contributed by atoms with Crippen molar-refractivity contribution in [3.8, 4) is 0 Å². The lowest BCUT2D eigenvalue weighted by molar-refractivity contribution is 0.0493. The van der Waals surface area contributed by atoms with Crippen molar-refractivity contribution in [1.29, 1.82) is 0 Å². The largest absolute Gasteiger partial charge is 0.478 e. The molecule has 3 fully saturated rings. The van der Waals surface area contributed by atoms with E-state index in [0.717, 1.165) is 87.1 Å². The average molecular weight is 567 g/mol. The Morgan fingerprint density at radius 1 is 1.05 bits per heavy atom. The van der Waals surface area contributed by atoms with E-state index < -0.39 is 5.97 Å². The first-order valence-electron chi connectivity index (χ1n) is 14.6.